The van der Waals surface area contributed by atoms with Gasteiger partial charge in [-0.2, -0.15) is 13.2 Å². The number of amides is 2. The van der Waals surface area contributed by atoms with Gasteiger partial charge in [-0.05, 0) is 41.7 Å². The zero-order valence-electron chi connectivity index (χ0n) is 20.4. The highest BCUT2D eigenvalue weighted by molar-refractivity contribution is 5.80. The maximum atomic E-state index is 14.0. The van der Waals surface area contributed by atoms with Gasteiger partial charge in [0.1, 0.15) is 0 Å². The third-order valence-corrected chi connectivity index (χ3v) is 7.43. The quantitative estimate of drug-likeness (QED) is 0.593. The first-order valence-electron chi connectivity index (χ1n) is 12.0. The summed E-state index contributed by atoms with van der Waals surface area (Å²) in [5, 5.41) is 3.49. The molecule has 1 aliphatic carbocycles. The van der Waals surface area contributed by atoms with Gasteiger partial charge in [-0.15, -0.1) is 0 Å². The SMILES string of the molecule is CN(C(=O)CCN1CCCC1=O)C(c1ccc(NC2Cc3ccccc3C2(C)C)cc1)C(F)(F)F. The van der Waals surface area contributed by atoms with Crippen molar-refractivity contribution in [3.8, 4) is 0 Å². The molecule has 1 aliphatic heterocycles. The number of benzene rings is 2. The second kappa shape index (κ2) is 9.55. The van der Waals surface area contributed by atoms with E-state index in [9.17, 15) is 22.8 Å². The summed E-state index contributed by atoms with van der Waals surface area (Å²) in [6, 6.07) is 12.5. The summed E-state index contributed by atoms with van der Waals surface area (Å²) in [5.41, 5.74) is 3.18. The molecular weight excluding hydrogens is 455 g/mol. The Morgan fingerprint density at radius 3 is 2.46 bits per heavy atom. The fourth-order valence-corrected chi connectivity index (χ4v) is 5.31. The van der Waals surface area contributed by atoms with Crippen LogP contribution in [0.2, 0.25) is 0 Å². The number of nitrogens with one attached hydrogen (secondary N) is 1. The molecule has 2 aromatic rings. The molecule has 2 unspecified atom stereocenters. The van der Waals surface area contributed by atoms with Crippen LogP contribution in [0.4, 0.5) is 18.9 Å². The van der Waals surface area contributed by atoms with Crippen molar-refractivity contribution in [1.29, 1.82) is 0 Å². The maximum Gasteiger partial charge on any atom is 0.413 e. The normalized spacial score (nSPS) is 20.0. The van der Waals surface area contributed by atoms with Gasteiger partial charge in [-0.25, -0.2) is 0 Å². The minimum Gasteiger partial charge on any atom is -0.381 e. The number of rotatable bonds is 7. The lowest BCUT2D eigenvalue weighted by Gasteiger charge is -2.32. The van der Waals surface area contributed by atoms with E-state index >= 15 is 0 Å². The highest BCUT2D eigenvalue weighted by atomic mass is 19.4. The van der Waals surface area contributed by atoms with Crippen LogP contribution in [0.3, 0.4) is 0 Å². The monoisotopic (exact) mass is 487 g/mol. The molecule has 1 N–H and O–H groups in total. The molecular formula is C27H32F3N3O2. The number of alkyl halides is 3. The number of likely N-dealkylation sites (tertiary alicyclic amines) is 1. The van der Waals surface area contributed by atoms with Crippen molar-refractivity contribution in [3.05, 3.63) is 65.2 Å². The van der Waals surface area contributed by atoms with Crippen LogP contribution in [0.15, 0.2) is 48.5 Å². The van der Waals surface area contributed by atoms with Crippen LogP contribution in [-0.4, -0.2) is 54.0 Å². The summed E-state index contributed by atoms with van der Waals surface area (Å²) in [4.78, 5) is 26.7. The van der Waals surface area contributed by atoms with E-state index in [1.807, 2.05) is 12.1 Å². The predicted molar refractivity (Wildman–Crippen MR) is 129 cm³/mol. The zero-order valence-corrected chi connectivity index (χ0v) is 20.4. The number of hydrogen-bond acceptors (Lipinski definition) is 3. The topological polar surface area (TPSA) is 52.7 Å². The second-order valence-electron chi connectivity index (χ2n) is 10.1. The van der Waals surface area contributed by atoms with Crippen LogP contribution in [0.25, 0.3) is 0 Å². The van der Waals surface area contributed by atoms with Crippen LogP contribution >= 0.6 is 0 Å². The number of fused-ring (bicyclic) bond motifs is 1. The van der Waals surface area contributed by atoms with Crippen molar-refractivity contribution in [2.24, 2.45) is 0 Å². The maximum absolute atomic E-state index is 14.0. The van der Waals surface area contributed by atoms with Gasteiger partial charge in [0, 0.05) is 50.1 Å². The van der Waals surface area contributed by atoms with Crippen molar-refractivity contribution in [1.82, 2.24) is 9.80 Å². The molecule has 2 aliphatic rings. The molecule has 0 aromatic heterocycles. The molecule has 0 bridgehead atoms. The Balaban J connectivity index is 1.45. The molecule has 8 heteroatoms. The molecule has 2 aromatic carbocycles. The van der Waals surface area contributed by atoms with Crippen molar-refractivity contribution < 1.29 is 22.8 Å². The molecule has 0 radical (unpaired) electrons. The Morgan fingerprint density at radius 2 is 1.86 bits per heavy atom. The van der Waals surface area contributed by atoms with E-state index in [1.54, 1.807) is 12.1 Å². The average molecular weight is 488 g/mol. The average Bonchev–Trinajstić information content (AvgIpc) is 3.32. The van der Waals surface area contributed by atoms with E-state index < -0.39 is 18.1 Å². The van der Waals surface area contributed by atoms with E-state index in [4.69, 9.17) is 0 Å². The number of anilines is 1. The Labute approximate surface area is 204 Å². The van der Waals surface area contributed by atoms with Gasteiger partial charge in [0.15, 0.2) is 6.04 Å². The lowest BCUT2D eigenvalue weighted by molar-refractivity contribution is -0.189. The van der Waals surface area contributed by atoms with Crippen LogP contribution in [0, 0.1) is 0 Å². The molecule has 5 nitrogen and oxygen atoms in total. The van der Waals surface area contributed by atoms with Gasteiger partial charge in [-0.1, -0.05) is 50.2 Å². The molecule has 0 spiro atoms. The van der Waals surface area contributed by atoms with E-state index in [2.05, 4.69) is 31.3 Å². The van der Waals surface area contributed by atoms with Gasteiger partial charge < -0.3 is 15.1 Å². The molecule has 188 valence electrons. The largest absolute Gasteiger partial charge is 0.413 e. The number of hydrogen-bond donors (Lipinski definition) is 1. The third kappa shape index (κ3) is 5.16. The first kappa shape index (κ1) is 25.1. The molecule has 1 heterocycles. The van der Waals surface area contributed by atoms with E-state index in [-0.39, 0.29) is 35.9 Å². The number of carbonyl (C=O) groups is 2. The Morgan fingerprint density at radius 1 is 1.17 bits per heavy atom. The zero-order chi connectivity index (χ0) is 25.4. The predicted octanol–water partition coefficient (Wildman–Crippen LogP) is 5.08. The van der Waals surface area contributed by atoms with Gasteiger partial charge in [0.25, 0.3) is 0 Å². The van der Waals surface area contributed by atoms with Crippen LogP contribution in [0.5, 0.6) is 0 Å². The Kier molecular flexibility index (Phi) is 6.84. The molecule has 35 heavy (non-hydrogen) atoms. The Bertz CT molecular complexity index is 1080. The van der Waals surface area contributed by atoms with E-state index in [0.717, 1.165) is 23.4 Å². The van der Waals surface area contributed by atoms with E-state index in [1.165, 1.54) is 35.2 Å². The van der Waals surface area contributed by atoms with Crippen LogP contribution < -0.4 is 5.32 Å². The van der Waals surface area contributed by atoms with Crippen LogP contribution in [0.1, 0.15) is 55.8 Å². The van der Waals surface area contributed by atoms with Gasteiger partial charge in [-0.3, -0.25) is 9.59 Å². The summed E-state index contributed by atoms with van der Waals surface area (Å²) in [6.45, 7) is 5.03. The summed E-state index contributed by atoms with van der Waals surface area (Å²) < 4.78 is 42.1. The number of carbonyl (C=O) groups excluding carboxylic acids is 2. The minimum absolute atomic E-state index is 0.00474. The first-order chi connectivity index (χ1) is 16.5. The summed E-state index contributed by atoms with van der Waals surface area (Å²) in [6.07, 6.45) is -2.77. The highest BCUT2D eigenvalue weighted by Crippen LogP contribution is 2.41. The number of halogens is 3. The third-order valence-electron chi connectivity index (χ3n) is 7.43. The van der Waals surface area contributed by atoms with Crippen LogP contribution in [-0.2, 0) is 21.4 Å². The van der Waals surface area contributed by atoms with Crippen molar-refractivity contribution in [3.63, 3.8) is 0 Å². The molecule has 2 amide bonds. The second-order valence-corrected chi connectivity index (χ2v) is 10.1. The summed E-state index contributed by atoms with van der Waals surface area (Å²) in [5.74, 6) is -0.691. The number of nitrogens with zero attached hydrogens (tertiary/aromatic N) is 2. The van der Waals surface area contributed by atoms with E-state index in [0.29, 0.717) is 13.0 Å². The molecule has 1 saturated heterocycles. The lowest BCUT2D eigenvalue weighted by atomic mass is 9.83. The standard InChI is InChI=1S/C27H32F3N3O2/c1-26(2)21-8-5-4-7-19(21)17-22(26)31-20-12-10-18(11-13-20)25(27(28,29)30)32(3)23(34)14-16-33-15-6-9-24(33)35/h4-5,7-8,10-13,22,25,31H,6,9,14-17H2,1-3H3. The fourth-order valence-electron chi connectivity index (χ4n) is 5.31. The molecule has 2 atom stereocenters. The summed E-state index contributed by atoms with van der Waals surface area (Å²) in [7, 11) is 1.18. The molecule has 1 fully saturated rings. The van der Waals surface area contributed by atoms with Crippen molar-refractivity contribution >= 4 is 17.5 Å². The van der Waals surface area contributed by atoms with Gasteiger partial charge in [0.2, 0.25) is 11.8 Å². The summed E-state index contributed by atoms with van der Waals surface area (Å²) >= 11 is 0. The first-order valence-corrected chi connectivity index (χ1v) is 12.0. The smallest absolute Gasteiger partial charge is 0.381 e. The molecule has 0 saturated carbocycles. The fraction of sp³-hybridized carbons (Fsp3) is 0.481. The Hall–Kier alpha value is -3.03. The van der Waals surface area contributed by atoms with Crippen molar-refractivity contribution in [2.75, 3.05) is 25.5 Å². The molecule has 4 rings (SSSR count). The minimum atomic E-state index is -4.63. The highest BCUT2D eigenvalue weighted by Gasteiger charge is 2.45. The van der Waals surface area contributed by atoms with Gasteiger partial charge in [0.05, 0.1) is 0 Å². The van der Waals surface area contributed by atoms with Crippen molar-refractivity contribution in [2.45, 2.75) is 63.2 Å². The lowest BCUT2D eigenvalue weighted by Crippen LogP contribution is -2.41. The van der Waals surface area contributed by atoms with Gasteiger partial charge >= 0.3 is 6.18 Å².